The van der Waals surface area contributed by atoms with Crippen molar-refractivity contribution in [3.8, 4) is 0 Å². The van der Waals surface area contributed by atoms with Crippen molar-refractivity contribution >= 4 is 49.8 Å². The molecule has 96 valence electrons. The van der Waals surface area contributed by atoms with Crippen LogP contribution in [0.2, 0.25) is 0 Å². The molecule has 1 heterocycles. The van der Waals surface area contributed by atoms with Gasteiger partial charge >= 0.3 is 0 Å². The van der Waals surface area contributed by atoms with Crippen LogP contribution in [0.25, 0.3) is 0 Å². The second-order valence-electron chi connectivity index (χ2n) is 3.88. The fourth-order valence-electron chi connectivity index (χ4n) is 1.26. The largest absolute Gasteiger partial charge is 0.399 e. The van der Waals surface area contributed by atoms with Crippen LogP contribution in [0.1, 0.15) is 5.56 Å². The molecule has 0 spiro atoms. The van der Waals surface area contributed by atoms with E-state index in [0.29, 0.717) is 0 Å². The molecule has 0 fully saturated rings. The summed E-state index contributed by atoms with van der Waals surface area (Å²) in [6.07, 6.45) is 0. The summed E-state index contributed by atoms with van der Waals surface area (Å²) in [4.78, 5) is 1.96. The summed E-state index contributed by atoms with van der Waals surface area (Å²) in [7, 11) is 3.93. The van der Waals surface area contributed by atoms with Gasteiger partial charge in [0.1, 0.15) is 0 Å². The van der Waals surface area contributed by atoms with Crippen LogP contribution in [0.4, 0.5) is 10.8 Å². The highest BCUT2D eigenvalue weighted by molar-refractivity contribution is 9.10. The Balaban J connectivity index is 2.02. The first kappa shape index (κ1) is 13.6. The molecule has 0 unspecified atom stereocenters. The van der Waals surface area contributed by atoms with Crippen LogP contribution < -0.4 is 10.6 Å². The van der Waals surface area contributed by atoms with E-state index in [1.165, 1.54) is 5.56 Å². The van der Waals surface area contributed by atoms with Crippen molar-refractivity contribution in [1.82, 2.24) is 10.2 Å². The zero-order chi connectivity index (χ0) is 13.1. The molecule has 0 radical (unpaired) electrons. The minimum Gasteiger partial charge on any atom is -0.399 e. The average Bonchev–Trinajstić information content (AvgIpc) is 2.76. The van der Waals surface area contributed by atoms with Gasteiger partial charge in [0.05, 0.1) is 0 Å². The lowest BCUT2D eigenvalue weighted by Crippen LogP contribution is -2.07. The smallest absolute Gasteiger partial charge is 0.208 e. The molecule has 0 bridgehead atoms. The van der Waals surface area contributed by atoms with Crippen molar-refractivity contribution in [2.45, 2.75) is 10.1 Å². The molecule has 0 saturated heterocycles. The van der Waals surface area contributed by atoms with Crippen molar-refractivity contribution in [3.63, 3.8) is 0 Å². The van der Waals surface area contributed by atoms with E-state index in [2.05, 4.69) is 26.1 Å². The minimum atomic E-state index is 0.765. The Kier molecular flexibility index (Phi) is 4.47. The van der Waals surface area contributed by atoms with Gasteiger partial charge in [-0.25, -0.2) is 0 Å². The standard InChI is InChI=1S/C11H13BrN4S2/c1-16(2)10-14-15-11(18-10)17-6-7-3-4-8(13)5-9(7)12/h3-5H,6,13H2,1-2H3. The lowest BCUT2D eigenvalue weighted by Gasteiger charge is -2.04. The van der Waals surface area contributed by atoms with E-state index in [1.807, 2.05) is 37.2 Å². The van der Waals surface area contributed by atoms with Crippen molar-refractivity contribution in [1.29, 1.82) is 0 Å². The zero-order valence-corrected chi connectivity index (χ0v) is 13.3. The van der Waals surface area contributed by atoms with Gasteiger partial charge in [0.2, 0.25) is 5.13 Å². The van der Waals surface area contributed by atoms with E-state index in [0.717, 1.165) is 25.4 Å². The van der Waals surface area contributed by atoms with Gasteiger partial charge in [0, 0.05) is 30.0 Å². The summed E-state index contributed by atoms with van der Waals surface area (Å²) in [5.41, 5.74) is 7.68. The van der Waals surface area contributed by atoms with Gasteiger partial charge in [-0.1, -0.05) is 45.1 Å². The number of halogens is 1. The molecule has 0 amide bonds. The number of thioether (sulfide) groups is 1. The summed E-state index contributed by atoms with van der Waals surface area (Å²) >= 11 is 6.79. The first-order valence-electron chi connectivity index (χ1n) is 5.24. The first-order valence-corrected chi connectivity index (χ1v) is 7.83. The number of hydrogen-bond acceptors (Lipinski definition) is 6. The molecule has 1 aromatic carbocycles. The zero-order valence-electron chi connectivity index (χ0n) is 10.1. The molecule has 0 aliphatic rings. The lowest BCUT2D eigenvalue weighted by atomic mass is 10.2. The van der Waals surface area contributed by atoms with E-state index < -0.39 is 0 Å². The van der Waals surface area contributed by atoms with Crippen LogP contribution in [-0.2, 0) is 5.75 Å². The number of nitrogen functional groups attached to an aromatic ring is 1. The van der Waals surface area contributed by atoms with Gasteiger partial charge in [-0.2, -0.15) is 0 Å². The lowest BCUT2D eigenvalue weighted by molar-refractivity contribution is 0.972. The highest BCUT2D eigenvalue weighted by atomic mass is 79.9. The summed E-state index contributed by atoms with van der Waals surface area (Å²) < 4.78 is 2.01. The molecule has 7 heteroatoms. The minimum absolute atomic E-state index is 0.765. The van der Waals surface area contributed by atoms with Crippen LogP contribution in [0, 0.1) is 0 Å². The fraction of sp³-hybridized carbons (Fsp3) is 0.273. The van der Waals surface area contributed by atoms with Crippen LogP contribution in [-0.4, -0.2) is 24.3 Å². The van der Waals surface area contributed by atoms with Gasteiger partial charge in [-0.15, -0.1) is 10.2 Å². The van der Waals surface area contributed by atoms with Crippen molar-refractivity contribution in [2.24, 2.45) is 0 Å². The summed E-state index contributed by atoms with van der Waals surface area (Å²) in [5.74, 6) is 0.850. The Hall–Kier alpha value is -0.790. The third-order valence-corrected chi connectivity index (χ3v) is 5.22. The SMILES string of the molecule is CN(C)c1nnc(SCc2ccc(N)cc2Br)s1. The normalized spacial score (nSPS) is 10.6. The van der Waals surface area contributed by atoms with Crippen molar-refractivity contribution in [2.75, 3.05) is 24.7 Å². The van der Waals surface area contributed by atoms with E-state index in [4.69, 9.17) is 5.73 Å². The monoisotopic (exact) mass is 344 g/mol. The quantitative estimate of drug-likeness (QED) is 0.681. The Morgan fingerprint density at radius 1 is 1.39 bits per heavy atom. The first-order chi connectivity index (χ1) is 8.56. The molecule has 2 aromatic rings. The molecule has 2 N–H and O–H groups in total. The molecular formula is C11H13BrN4S2. The number of benzene rings is 1. The molecule has 0 saturated carbocycles. The van der Waals surface area contributed by atoms with Gasteiger partial charge in [0.25, 0.3) is 0 Å². The van der Waals surface area contributed by atoms with E-state index >= 15 is 0 Å². The van der Waals surface area contributed by atoms with Crippen LogP contribution >= 0.6 is 39.0 Å². The Labute approximate surface area is 123 Å². The number of rotatable bonds is 4. The summed E-state index contributed by atoms with van der Waals surface area (Å²) in [6.45, 7) is 0. The second-order valence-corrected chi connectivity index (χ2v) is 6.92. The van der Waals surface area contributed by atoms with Crippen molar-refractivity contribution < 1.29 is 0 Å². The summed E-state index contributed by atoms with van der Waals surface area (Å²) in [6, 6.07) is 5.85. The molecule has 0 atom stereocenters. The molecule has 0 aliphatic heterocycles. The predicted octanol–water partition coefficient (Wildman–Crippen LogP) is 3.24. The second kappa shape index (κ2) is 5.90. The van der Waals surface area contributed by atoms with Gasteiger partial charge in [0.15, 0.2) is 4.34 Å². The topological polar surface area (TPSA) is 55.0 Å². The maximum Gasteiger partial charge on any atom is 0.208 e. The highest BCUT2D eigenvalue weighted by Gasteiger charge is 2.07. The maximum absolute atomic E-state index is 5.71. The van der Waals surface area contributed by atoms with Crippen LogP contribution in [0.5, 0.6) is 0 Å². The highest BCUT2D eigenvalue weighted by Crippen LogP contribution is 2.31. The Morgan fingerprint density at radius 2 is 2.17 bits per heavy atom. The molecule has 2 rings (SSSR count). The number of nitrogens with zero attached hydrogens (tertiary/aromatic N) is 3. The Bertz CT molecular complexity index is 542. The molecule has 0 aliphatic carbocycles. The van der Waals surface area contributed by atoms with Crippen LogP contribution in [0.3, 0.4) is 0 Å². The van der Waals surface area contributed by atoms with Gasteiger partial charge in [-0.3, -0.25) is 0 Å². The third-order valence-electron chi connectivity index (χ3n) is 2.21. The molecule has 1 aromatic heterocycles. The van der Waals surface area contributed by atoms with E-state index in [9.17, 15) is 0 Å². The van der Waals surface area contributed by atoms with Gasteiger partial charge in [-0.05, 0) is 17.7 Å². The molecule has 18 heavy (non-hydrogen) atoms. The van der Waals surface area contributed by atoms with Gasteiger partial charge < -0.3 is 10.6 Å². The van der Waals surface area contributed by atoms with E-state index in [1.54, 1.807) is 23.1 Å². The maximum atomic E-state index is 5.71. The van der Waals surface area contributed by atoms with Crippen molar-refractivity contribution in [3.05, 3.63) is 28.2 Å². The molecule has 4 nitrogen and oxygen atoms in total. The predicted molar refractivity (Wildman–Crippen MR) is 82.4 cm³/mol. The van der Waals surface area contributed by atoms with Crippen LogP contribution in [0.15, 0.2) is 27.0 Å². The number of hydrogen-bond donors (Lipinski definition) is 1. The number of aromatic nitrogens is 2. The number of anilines is 2. The third kappa shape index (κ3) is 3.37. The van der Waals surface area contributed by atoms with E-state index in [-0.39, 0.29) is 0 Å². The number of nitrogens with two attached hydrogens (primary N) is 1. The molecular weight excluding hydrogens is 332 g/mol. The Morgan fingerprint density at radius 3 is 2.78 bits per heavy atom. The summed E-state index contributed by atoms with van der Waals surface area (Å²) in [5, 5.41) is 9.18. The average molecular weight is 345 g/mol. The fourth-order valence-corrected chi connectivity index (χ4v) is 3.75.